The molecule has 1 saturated heterocycles. The predicted molar refractivity (Wildman–Crippen MR) is 91.5 cm³/mol. The van der Waals surface area contributed by atoms with Crippen LogP contribution in [-0.4, -0.2) is 35.0 Å². The van der Waals surface area contributed by atoms with Crippen molar-refractivity contribution >= 4 is 11.6 Å². The first-order valence-corrected chi connectivity index (χ1v) is 8.23. The normalized spacial score (nSPS) is 17.2. The summed E-state index contributed by atoms with van der Waals surface area (Å²) in [4.78, 5) is 12.6. The average molecular weight is 329 g/mol. The number of amides is 1. The first-order chi connectivity index (χ1) is 11.5. The van der Waals surface area contributed by atoms with Crippen LogP contribution >= 0.6 is 0 Å². The van der Waals surface area contributed by atoms with E-state index in [1.54, 1.807) is 11.7 Å². The van der Waals surface area contributed by atoms with Crippen LogP contribution < -0.4 is 10.1 Å². The molecule has 6 heteroatoms. The predicted octanol–water partition coefficient (Wildman–Crippen LogP) is 2.96. The Morgan fingerprint density at radius 1 is 1.42 bits per heavy atom. The highest BCUT2D eigenvalue weighted by Gasteiger charge is 2.20. The summed E-state index contributed by atoms with van der Waals surface area (Å²) in [6, 6.07) is 9.28. The Kier molecular flexibility index (Phi) is 4.85. The fourth-order valence-electron chi connectivity index (χ4n) is 2.63. The van der Waals surface area contributed by atoms with Crippen molar-refractivity contribution in [1.29, 1.82) is 0 Å². The van der Waals surface area contributed by atoms with E-state index in [9.17, 15) is 4.79 Å². The molecule has 1 N–H and O–H groups in total. The van der Waals surface area contributed by atoms with Gasteiger partial charge in [0.05, 0.1) is 24.6 Å². The molecule has 1 amide bonds. The first kappa shape index (κ1) is 16.5. The second kappa shape index (κ2) is 7.05. The van der Waals surface area contributed by atoms with Gasteiger partial charge in [-0.3, -0.25) is 9.48 Å². The van der Waals surface area contributed by atoms with Crippen molar-refractivity contribution in [3.05, 3.63) is 41.7 Å². The van der Waals surface area contributed by atoms with Gasteiger partial charge in [-0.1, -0.05) is 26.0 Å². The Bertz CT molecular complexity index is 718. The molecule has 0 aliphatic carbocycles. The minimum atomic E-state index is -0.198. The topological polar surface area (TPSA) is 65.4 Å². The van der Waals surface area contributed by atoms with E-state index >= 15 is 0 Å². The van der Waals surface area contributed by atoms with Crippen LogP contribution in [0.1, 0.15) is 42.4 Å². The average Bonchev–Trinajstić information content (AvgIpc) is 3.18. The largest absolute Gasteiger partial charge is 0.486 e. The molecule has 128 valence electrons. The lowest BCUT2D eigenvalue weighted by molar-refractivity contribution is 0.101. The van der Waals surface area contributed by atoms with Crippen LogP contribution in [0.25, 0.3) is 0 Å². The number of anilines is 1. The highest BCUT2D eigenvalue weighted by atomic mass is 16.5. The summed E-state index contributed by atoms with van der Waals surface area (Å²) in [6.07, 6.45) is 0.897. The minimum absolute atomic E-state index is 0.0345. The van der Waals surface area contributed by atoms with E-state index in [0.29, 0.717) is 30.3 Å². The van der Waals surface area contributed by atoms with Gasteiger partial charge in [0, 0.05) is 13.5 Å². The number of hydrogen-bond acceptors (Lipinski definition) is 4. The van der Waals surface area contributed by atoms with Gasteiger partial charge in [-0.2, -0.15) is 5.10 Å². The molecule has 0 bridgehead atoms. The standard InChI is InChI=1S/C18H23N3O3/c1-12(2)15-10-16(21(3)20-15)18(22)19-14-6-4-5-7-17(14)24-13-8-9-23-11-13/h4-7,10,12-13H,8-9,11H2,1-3H3,(H,19,22). The van der Waals surface area contributed by atoms with Crippen LogP contribution in [0.15, 0.2) is 30.3 Å². The van der Waals surface area contributed by atoms with E-state index in [0.717, 1.165) is 12.1 Å². The molecule has 1 fully saturated rings. The van der Waals surface area contributed by atoms with Crippen molar-refractivity contribution < 1.29 is 14.3 Å². The zero-order chi connectivity index (χ0) is 17.1. The van der Waals surface area contributed by atoms with Gasteiger partial charge >= 0.3 is 0 Å². The summed E-state index contributed by atoms with van der Waals surface area (Å²) in [5, 5.41) is 7.31. The summed E-state index contributed by atoms with van der Waals surface area (Å²) in [7, 11) is 1.78. The number of rotatable bonds is 5. The second-order valence-electron chi connectivity index (χ2n) is 6.29. The molecule has 1 aliphatic rings. The van der Waals surface area contributed by atoms with Crippen LogP contribution in [0.4, 0.5) is 5.69 Å². The van der Waals surface area contributed by atoms with Crippen LogP contribution in [-0.2, 0) is 11.8 Å². The molecule has 6 nitrogen and oxygen atoms in total. The Morgan fingerprint density at radius 2 is 2.21 bits per heavy atom. The van der Waals surface area contributed by atoms with Crippen LogP contribution in [0.5, 0.6) is 5.75 Å². The summed E-state index contributed by atoms with van der Waals surface area (Å²) in [5.74, 6) is 0.735. The summed E-state index contributed by atoms with van der Waals surface area (Å²) in [6.45, 7) is 5.40. The smallest absolute Gasteiger partial charge is 0.274 e. The molecule has 24 heavy (non-hydrogen) atoms. The number of nitrogens with one attached hydrogen (secondary N) is 1. The molecule has 3 rings (SSSR count). The molecule has 0 saturated carbocycles. The van der Waals surface area contributed by atoms with Gasteiger partial charge in [0.2, 0.25) is 0 Å². The molecule has 1 aromatic heterocycles. The van der Waals surface area contributed by atoms with Crippen LogP contribution in [0.2, 0.25) is 0 Å². The zero-order valence-electron chi connectivity index (χ0n) is 14.3. The number of aromatic nitrogens is 2. The van der Waals surface area contributed by atoms with E-state index in [4.69, 9.17) is 9.47 Å². The maximum atomic E-state index is 12.6. The van der Waals surface area contributed by atoms with Gasteiger partial charge in [-0.15, -0.1) is 0 Å². The number of aryl methyl sites for hydroxylation is 1. The summed E-state index contributed by atoms with van der Waals surface area (Å²) < 4.78 is 12.9. The van der Waals surface area contributed by atoms with Crippen LogP contribution in [0, 0.1) is 0 Å². The molecule has 1 aromatic carbocycles. The lowest BCUT2D eigenvalue weighted by Gasteiger charge is -2.16. The Morgan fingerprint density at radius 3 is 2.88 bits per heavy atom. The molecule has 2 heterocycles. The van der Waals surface area contributed by atoms with Gasteiger partial charge in [0.25, 0.3) is 5.91 Å². The lowest BCUT2D eigenvalue weighted by Crippen LogP contribution is -2.19. The molecule has 2 aromatic rings. The molecular weight excluding hydrogens is 306 g/mol. The number of hydrogen-bond donors (Lipinski definition) is 1. The maximum Gasteiger partial charge on any atom is 0.274 e. The van der Waals surface area contributed by atoms with Crippen molar-refractivity contribution in [1.82, 2.24) is 9.78 Å². The zero-order valence-corrected chi connectivity index (χ0v) is 14.3. The van der Waals surface area contributed by atoms with Crippen molar-refractivity contribution in [2.24, 2.45) is 7.05 Å². The highest BCUT2D eigenvalue weighted by Crippen LogP contribution is 2.27. The second-order valence-corrected chi connectivity index (χ2v) is 6.29. The van der Waals surface area contributed by atoms with Crippen molar-refractivity contribution in [3.8, 4) is 5.75 Å². The van der Waals surface area contributed by atoms with Crippen molar-refractivity contribution in [2.75, 3.05) is 18.5 Å². The van der Waals surface area contributed by atoms with E-state index < -0.39 is 0 Å². The molecule has 0 spiro atoms. The number of carbonyl (C=O) groups excluding carboxylic acids is 1. The molecule has 1 unspecified atom stereocenters. The number of ether oxygens (including phenoxy) is 2. The Hall–Kier alpha value is -2.34. The Labute approximate surface area is 141 Å². The van der Waals surface area contributed by atoms with Crippen molar-refractivity contribution in [2.45, 2.75) is 32.3 Å². The molecule has 1 atom stereocenters. The van der Waals surface area contributed by atoms with Gasteiger partial charge < -0.3 is 14.8 Å². The third-order valence-electron chi connectivity index (χ3n) is 4.04. The fraction of sp³-hybridized carbons (Fsp3) is 0.444. The molecular formula is C18H23N3O3. The minimum Gasteiger partial charge on any atom is -0.486 e. The van der Waals surface area contributed by atoms with Gasteiger partial charge in [0.15, 0.2) is 0 Å². The number of carbonyl (C=O) groups is 1. The van der Waals surface area contributed by atoms with Gasteiger partial charge in [-0.25, -0.2) is 0 Å². The van der Waals surface area contributed by atoms with E-state index in [1.165, 1.54) is 0 Å². The Balaban J connectivity index is 1.77. The summed E-state index contributed by atoms with van der Waals surface area (Å²) in [5.41, 5.74) is 2.08. The molecule has 1 aliphatic heterocycles. The SMILES string of the molecule is CC(C)c1cc(C(=O)Nc2ccccc2OC2CCOC2)n(C)n1. The fourth-order valence-corrected chi connectivity index (χ4v) is 2.63. The van der Waals surface area contributed by atoms with Crippen LogP contribution in [0.3, 0.4) is 0 Å². The van der Waals surface area contributed by atoms with Crippen molar-refractivity contribution in [3.63, 3.8) is 0 Å². The maximum absolute atomic E-state index is 12.6. The number of nitrogens with zero attached hydrogens (tertiary/aromatic N) is 2. The number of para-hydroxylation sites is 2. The van der Waals surface area contributed by atoms with E-state index in [2.05, 4.69) is 24.3 Å². The third-order valence-corrected chi connectivity index (χ3v) is 4.04. The number of benzene rings is 1. The highest BCUT2D eigenvalue weighted by molar-refractivity contribution is 6.04. The van der Waals surface area contributed by atoms with Gasteiger partial charge in [0.1, 0.15) is 17.5 Å². The van der Waals surface area contributed by atoms with Gasteiger partial charge in [-0.05, 0) is 24.1 Å². The monoisotopic (exact) mass is 329 g/mol. The van der Waals surface area contributed by atoms with E-state index in [1.807, 2.05) is 30.3 Å². The third kappa shape index (κ3) is 3.59. The van der Waals surface area contributed by atoms with E-state index in [-0.39, 0.29) is 17.9 Å². The molecule has 0 radical (unpaired) electrons. The lowest BCUT2D eigenvalue weighted by atomic mass is 10.1. The first-order valence-electron chi connectivity index (χ1n) is 8.23. The summed E-state index contributed by atoms with van der Waals surface area (Å²) >= 11 is 0. The quantitative estimate of drug-likeness (QED) is 0.916.